The summed E-state index contributed by atoms with van der Waals surface area (Å²) in [4.78, 5) is 11.4. The topological polar surface area (TPSA) is 35.5 Å². The van der Waals surface area contributed by atoms with Crippen molar-refractivity contribution in [3.63, 3.8) is 0 Å². The van der Waals surface area contributed by atoms with Gasteiger partial charge in [0, 0.05) is 0 Å². The fraction of sp³-hybridized carbons (Fsp3) is 0.300. The first kappa shape index (κ1) is 14.2. The van der Waals surface area contributed by atoms with Crippen LogP contribution in [0.25, 0.3) is 0 Å². The number of halogens is 4. The minimum absolute atomic E-state index is 0.0210. The highest BCUT2D eigenvalue weighted by Crippen LogP contribution is 2.37. The molecule has 0 atom stereocenters. The van der Waals surface area contributed by atoms with Crippen LogP contribution in [-0.4, -0.2) is 19.2 Å². The Morgan fingerprint density at radius 3 is 2.71 bits per heavy atom. The number of benzene rings is 1. The van der Waals surface area contributed by atoms with Gasteiger partial charge in [-0.05, 0) is 35.0 Å². The van der Waals surface area contributed by atoms with Crippen molar-refractivity contribution in [1.82, 2.24) is 0 Å². The molecular formula is C10H8BrClF2O3. The monoisotopic (exact) mass is 328 g/mol. The van der Waals surface area contributed by atoms with Crippen LogP contribution in [0.5, 0.6) is 5.75 Å². The summed E-state index contributed by atoms with van der Waals surface area (Å²) in [5.74, 6) is -0.976. The van der Waals surface area contributed by atoms with Crippen molar-refractivity contribution in [3.8, 4) is 5.75 Å². The average Bonchev–Trinajstić information content (AvgIpc) is 2.24. The van der Waals surface area contributed by atoms with Gasteiger partial charge in [-0.25, -0.2) is 4.79 Å². The van der Waals surface area contributed by atoms with Gasteiger partial charge in [-0.3, -0.25) is 0 Å². The van der Waals surface area contributed by atoms with Gasteiger partial charge in [0.1, 0.15) is 0 Å². The molecule has 0 fully saturated rings. The Morgan fingerprint density at radius 2 is 2.18 bits per heavy atom. The molecule has 7 heteroatoms. The van der Waals surface area contributed by atoms with Crippen molar-refractivity contribution in [2.45, 2.75) is 13.5 Å². The summed E-state index contributed by atoms with van der Waals surface area (Å²) in [5.41, 5.74) is -0.0210. The quantitative estimate of drug-likeness (QED) is 0.786. The lowest BCUT2D eigenvalue weighted by Crippen LogP contribution is -2.08. The summed E-state index contributed by atoms with van der Waals surface area (Å²) in [6, 6.07) is 2.75. The second-order valence-corrected chi connectivity index (χ2v) is 4.07. The Balaban J connectivity index is 3.14. The van der Waals surface area contributed by atoms with Crippen molar-refractivity contribution < 1.29 is 23.0 Å². The summed E-state index contributed by atoms with van der Waals surface area (Å²) >= 11 is 8.80. The molecule has 0 aliphatic heterocycles. The predicted molar refractivity (Wildman–Crippen MR) is 61.7 cm³/mol. The first-order chi connectivity index (χ1) is 7.97. The predicted octanol–water partition coefficient (Wildman–Crippen LogP) is 3.88. The first-order valence-corrected chi connectivity index (χ1v) is 5.74. The minimum Gasteiger partial charge on any atom is -0.462 e. The number of alkyl halides is 2. The number of carbonyl (C=O) groups is 1. The van der Waals surface area contributed by atoms with Crippen LogP contribution in [0.3, 0.4) is 0 Å². The fourth-order valence-electron chi connectivity index (χ4n) is 1.10. The second kappa shape index (κ2) is 6.16. The molecule has 1 rings (SSSR count). The van der Waals surface area contributed by atoms with Gasteiger partial charge in [-0.1, -0.05) is 11.6 Å². The molecule has 1 aromatic carbocycles. The minimum atomic E-state index is -3.03. The van der Waals surface area contributed by atoms with Crippen LogP contribution >= 0.6 is 27.5 Å². The number of rotatable bonds is 4. The molecule has 0 spiro atoms. The average molecular weight is 330 g/mol. The van der Waals surface area contributed by atoms with Gasteiger partial charge in [0.15, 0.2) is 5.75 Å². The molecule has 0 amide bonds. The zero-order valence-corrected chi connectivity index (χ0v) is 11.0. The van der Waals surface area contributed by atoms with E-state index in [2.05, 4.69) is 20.7 Å². The van der Waals surface area contributed by atoms with Crippen LogP contribution in [0.15, 0.2) is 16.6 Å². The van der Waals surface area contributed by atoms with Crippen LogP contribution in [-0.2, 0) is 4.74 Å². The number of hydrogen-bond donors (Lipinski definition) is 0. The van der Waals surface area contributed by atoms with Gasteiger partial charge < -0.3 is 9.47 Å². The van der Waals surface area contributed by atoms with E-state index in [0.717, 1.165) is 0 Å². The summed E-state index contributed by atoms with van der Waals surface area (Å²) in [6.07, 6.45) is 0. The van der Waals surface area contributed by atoms with E-state index in [9.17, 15) is 13.6 Å². The van der Waals surface area contributed by atoms with Crippen molar-refractivity contribution >= 4 is 33.5 Å². The molecular weight excluding hydrogens is 321 g/mol. The lowest BCUT2D eigenvalue weighted by atomic mass is 10.2. The normalized spacial score (nSPS) is 10.5. The molecule has 0 aliphatic carbocycles. The largest absolute Gasteiger partial charge is 0.462 e. The van der Waals surface area contributed by atoms with Gasteiger partial charge in [0.2, 0.25) is 0 Å². The lowest BCUT2D eigenvalue weighted by molar-refractivity contribution is -0.0503. The Kier molecular flexibility index (Phi) is 5.14. The van der Waals surface area contributed by atoms with E-state index in [1.807, 2.05) is 0 Å². The zero-order valence-electron chi connectivity index (χ0n) is 8.68. The smallest absolute Gasteiger partial charge is 0.387 e. The summed E-state index contributed by atoms with van der Waals surface area (Å²) in [6.45, 7) is -1.24. The molecule has 3 nitrogen and oxygen atoms in total. The molecule has 0 aromatic heterocycles. The van der Waals surface area contributed by atoms with Crippen molar-refractivity contribution in [1.29, 1.82) is 0 Å². The maximum atomic E-state index is 12.1. The molecule has 0 saturated heterocycles. The van der Waals surface area contributed by atoms with Crippen molar-refractivity contribution in [2.75, 3.05) is 6.61 Å². The number of esters is 1. The maximum absolute atomic E-state index is 12.1. The lowest BCUT2D eigenvalue weighted by Gasteiger charge is -2.11. The van der Waals surface area contributed by atoms with Gasteiger partial charge in [-0.15, -0.1) is 0 Å². The van der Waals surface area contributed by atoms with E-state index < -0.39 is 12.6 Å². The molecule has 0 N–H and O–H groups in total. The third kappa shape index (κ3) is 3.54. The van der Waals surface area contributed by atoms with Crippen molar-refractivity contribution in [3.05, 3.63) is 27.2 Å². The van der Waals surface area contributed by atoms with Gasteiger partial charge in [0.05, 0.1) is 21.7 Å². The molecule has 0 radical (unpaired) electrons. The van der Waals surface area contributed by atoms with E-state index in [4.69, 9.17) is 16.3 Å². The third-order valence-corrected chi connectivity index (χ3v) is 2.75. The highest BCUT2D eigenvalue weighted by molar-refractivity contribution is 9.10. The molecule has 0 heterocycles. The van der Waals surface area contributed by atoms with E-state index >= 15 is 0 Å². The van der Waals surface area contributed by atoms with Crippen LogP contribution in [0, 0.1) is 0 Å². The van der Waals surface area contributed by atoms with E-state index in [1.165, 1.54) is 12.1 Å². The van der Waals surface area contributed by atoms with E-state index in [1.54, 1.807) is 6.92 Å². The van der Waals surface area contributed by atoms with Crippen LogP contribution < -0.4 is 4.74 Å². The van der Waals surface area contributed by atoms with Crippen molar-refractivity contribution in [2.24, 2.45) is 0 Å². The molecule has 17 heavy (non-hydrogen) atoms. The number of carbonyl (C=O) groups excluding carboxylic acids is 1. The van der Waals surface area contributed by atoms with Crippen LogP contribution in [0.2, 0.25) is 5.02 Å². The van der Waals surface area contributed by atoms with Gasteiger partial charge in [0.25, 0.3) is 0 Å². The summed E-state index contributed by atoms with van der Waals surface area (Å²) < 4.78 is 33.5. The number of hydrogen-bond acceptors (Lipinski definition) is 3. The summed E-state index contributed by atoms with van der Waals surface area (Å²) in [7, 11) is 0. The first-order valence-electron chi connectivity index (χ1n) is 4.57. The van der Waals surface area contributed by atoms with Crippen LogP contribution in [0.4, 0.5) is 8.78 Å². The van der Waals surface area contributed by atoms with E-state index in [0.29, 0.717) is 0 Å². The maximum Gasteiger partial charge on any atom is 0.387 e. The molecule has 0 unspecified atom stereocenters. The molecule has 0 aliphatic rings. The van der Waals surface area contributed by atoms with Gasteiger partial charge in [-0.2, -0.15) is 8.78 Å². The van der Waals surface area contributed by atoms with E-state index in [-0.39, 0.29) is 27.4 Å². The zero-order chi connectivity index (χ0) is 13.0. The highest BCUT2D eigenvalue weighted by atomic mass is 79.9. The highest BCUT2D eigenvalue weighted by Gasteiger charge is 2.20. The fourth-order valence-corrected chi connectivity index (χ4v) is 1.92. The molecule has 0 saturated carbocycles. The molecule has 0 bridgehead atoms. The summed E-state index contributed by atoms with van der Waals surface area (Å²) in [5, 5.41) is -0.210. The second-order valence-electron chi connectivity index (χ2n) is 2.84. The Morgan fingerprint density at radius 1 is 1.53 bits per heavy atom. The number of ether oxygens (including phenoxy) is 2. The Hall–Kier alpha value is -0.880. The molecule has 1 aromatic rings. The third-order valence-electron chi connectivity index (χ3n) is 1.75. The molecule has 94 valence electrons. The van der Waals surface area contributed by atoms with Gasteiger partial charge >= 0.3 is 12.6 Å². The Bertz CT molecular complexity index is 426. The van der Waals surface area contributed by atoms with Crippen LogP contribution in [0.1, 0.15) is 17.3 Å². The Labute approximate surface area is 110 Å². The standard InChI is InChI=1S/C10H8BrClF2O3/c1-2-16-9(15)5-3-4-6(11)8(7(5)12)17-10(13)14/h3-4,10H,2H2,1H3. The SMILES string of the molecule is CCOC(=O)c1ccc(Br)c(OC(F)F)c1Cl.